The van der Waals surface area contributed by atoms with Crippen LogP contribution >= 0.6 is 11.6 Å². The molecule has 1 rings (SSSR count). The third kappa shape index (κ3) is 3.63. The molecule has 3 nitrogen and oxygen atoms in total. The molecule has 1 amide bonds. The lowest BCUT2D eigenvalue weighted by atomic mass is 10.1. The number of carbonyl (C=O) groups excluding carboxylic acids is 1. The number of amides is 1. The Morgan fingerprint density at radius 1 is 1.41 bits per heavy atom. The Hall–Kier alpha value is -1.22. The summed E-state index contributed by atoms with van der Waals surface area (Å²) in [7, 11) is 0. The van der Waals surface area contributed by atoms with E-state index in [4.69, 9.17) is 17.3 Å². The number of nitrogens with two attached hydrogens (primary N) is 1. The van der Waals surface area contributed by atoms with Crippen LogP contribution in [0.2, 0.25) is 5.02 Å². The van der Waals surface area contributed by atoms with Gasteiger partial charge in [0, 0.05) is 18.8 Å². The smallest absolute Gasteiger partial charge is 0.255 e. The summed E-state index contributed by atoms with van der Waals surface area (Å²) in [5.74, 6) is -0.0223. The van der Waals surface area contributed by atoms with Crippen LogP contribution < -0.4 is 5.73 Å². The van der Waals surface area contributed by atoms with Gasteiger partial charge in [-0.15, -0.1) is 0 Å². The van der Waals surface area contributed by atoms with Crippen LogP contribution in [-0.4, -0.2) is 23.9 Å². The van der Waals surface area contributed by atoms with Gasteiger partial charge in [-0.3, -0.25) is 4.79 Å². The van der Waals surface area contributed by atoms with Crippen molar-refractivity contribution in [2.45, 2.75) is 26.7 Å². The molecule has 0 unspecified atom stereocenters. The van der Waals surface area contributed by atoms with Crippen LogP contribution in [0.25, 0.3) is 0 Å². The fourth-order valence-electron chi connectivity index (χ4n) is 1.63. The molecule has 4 heteroatoms. The zero-order chi connectivity index (χ0) is 12.8. The van der Waals surface area contributed by atoms with E-state index in [0.717, 1.165) is 19.4 Å². The Labute approximate surface area is 108 Å². The van der Waals surface area contributed by atoms with Crippen LogP contribution in [0.3, 0.4) is 0 Å². The van der Waals surface area contributed by atoms with Crippen molar-refractivity contribution in [2.75, 3.05) is 18.8 Å². The number of halogens is 1. The molecule has 0 heterocycles. The first-order chi connectivity index (χ1) is 8.10. The fraction of sp³-hybridized carbons (Fsp3) is 0.462. The molecule has 1 aromatic carbocycles. The first-order valence-corrected chi connectivity index (χ1v) is 6.32. The Kier molecular flexibility index (Phi) is 5.29. The van der Waals surface area contributed by atoms with E-state index >= 15 is 0 Å². The van der Waals surface area contributed by atoms with E-state index in [9.17, 15) is 4.79 Å². The maximum Gasteiger partial charge on any atom is 0.255 e. The molecule has 94 valence electrons. The van der Waals surface area contributed by atoms with E-state index in [1.165, 1.54) is 0 Å². The Balaban J connectivity index is 2.86. The lowest BCUT2D eigenvalue weighted by Crippen LogP contribution is -2.31. The van der Waals surface area contributed by atoms with Crippen molar-refractivity contribution in [3.8, 4) is 0 Å². The van der Waals surface area contributed by atoms with Gasteiger partial charge in [0.15, 0.2) is 0 Å². The molecule has 0 aliphatic heterocycles. The molecule has 17 heavy (non-hydrogen) atoms. The number of nitrogens with zero attached hydrogens (tertiary/aromatic N) is 1. The molecule has 0 saturated heterocycles. The van der Waals surface area contributed by atoms with Crippen molar-refractivity contribution in [1.29, 1.82) is 0 Å². The molecule has 2 N–H and O–H groups in total. The molecular formula is C13H19ClN2O. The number of rotatable bonds is 5. The van der Waals surface area contributed by atoms with Crippen molar-refractivity contribution in [1.82, 2.24) is 4.90 Å². The highest BCUT2D eigenvalue weighted by Crippen LogP contribution is 2.20. The van der Waals surface area contributed by atoms with Gasteiger partial charge in [0.25, 0.3) is 5.91 Å². The van der Waals surface area contributed by atoms with E-state index in [0.29, 0.717) is 22.8 Å². The predicted molar refractivity (Wildman–Crippen MR) is 72.3 cm³/mol. The van der Waals surface area contributed by atoms with E-state index in [-0.39, 0.29) is 5.91 Å². The zero-order valence-corrected chi connectivity index (χ0v) is 11.1. The van der Waals surface area contributed by atoms with Crippen molar-refractivity contribution >= 4 is 23.2 Å². The second-order valence-corrected chi connectivity index (χ2v) is 4.38. The Morgan fingerprint density at radius 3 is 2.65 bits per heavy atom. The van der Waals surface area contributed by atoms with E-state index in [2.05, 4.69) is 6.92 Å². The highest BCUT2D eigenvalue weighted by Gasteiger charge is 2.16. The topological polar surface area (TPSA) is 46.3 Å². The van der Waals surface area contributed by atoms with Gasteiger partial charge in [-0.25, -0.2) is 0 Å². The minimum atomic E-state index is -0.0223. The first kappa shape index (κ1) is 13.8. The van der Waals surface area contributed by atoms with Crippen LogP contribution in [0.1, 0.15) is 37.0 Å². The molecule has 0 aliphatic rings. The summed E-state index contributed by atoms with van der Waals surface area (Å²) in [6.07, 6.45) is 2.07. The molecule has 0 fully saturated rings. The number of nitrogen functional groups attached to an aromatic ring is 1. The third-order valence-electron chi connectivity index (χ3n) is 2.67. The van der Waals surface area contributed by atoms with Crippen LogP contribution in [0, 0.1) is 0 Å². The maximum atomic E-state index is 12.2. The molecule has 0 aromatic heterocycles. The maximum absolute atomic E-state index is 12.2. The van der Waals surface area contributed by atoms with Crippen molar-refractivity contribution in [2.24, 2.45) is 0 Å². The number of hydrogen-bond donors (Lipinski definition) is 1. The monoisotopic (exact) mass is 254 g/mol. The molecule has 0 bridgehead atoms. The molecule has 0 saturated carbocycles. The summed E-state index contributed by atoms with van der Waals surface area (Å²) in [4.78, 5) is 14.0. The second kappa shape index (κ2) is 6.50. The van der Waals surface area contributed by atoms with Crippen LogP contribution in [0.15, 0.2) is 18.2 Å². The highest BCUT2D eigenvalue weighted by molar-refractivity contribution is 6.34. The van der Waals surface area contributed by atoms with Crippen LogP contribution in [-0.2, 0) is 0 Å². The number of anilines is 1. The Morgan fingerprint density at radius 2 is 2.12 bits per heavy atom. The van der Waals surface area contributed by atoms with Gasteiger partial charge in [-0.05, 0) is 31.5 Å². The predicted octanol–water partition coefficient (Wildman–Crippen LogP) is 3.18. The van der Waals surface area contributed by atoms with Gasteiger partial charge in [0.05, 0.1) is 10.6 Å². The van der Waals surface area contributed by atoms with E-state index < -0.39 is 0 Å². The number of carbonyl (C=O) groups is 1. The number of benzene rings is 1. The zero-order valence-electron chi connectivity index (χ0n) is 10.4. The lowest BCUT2D eigenvalue weighted by molar-refractivity contribution is 0.0762. The minimum Gasteiger partial charge on any atom is -0.399 e. The molecular weight excluding hydrogens is 236 g/mol. The Bertz CT molecular complexity index is 393. The lowest BCUT2D eigenvalue weighted by Gasteiger charge is -2.21. The van der Waals surface area contributed by atoms with Crippen molar-refractivity contribution in [3.05, 3.63) is 28.8 Å². The molecule has 0 spiro atoms. The minimum absolute atomic E-state index is 0.0223. The van der Waals surface area contributed by atoms with Crippen molar-refractivity contribution in [3.63, 3.8) is 0 Å². The number of unbranched alkanes of at least 4 members (excludes halogenated alkanes) is 1. The second-order valence-electron chi connectivity index (χ2n) is 3.98. The van der Waals surface area contributed by atoms with Gasteiger partial charge < -0.3 is 10.6 Å². The van der Waals surface area contributed by atoms with Gasteiger partial charge >= 0.3 is 0 Å². The summed E-state index contributed by atoms with van der Waals surface area (Å²) in [5, 5.41) is 0.421. The normalized spacial score (nSPS) is 10.3. The van der Waals surface area contributed by atoms with E-state index in [1.54, 1.807) is 23.1 Å². The van der Waals surface area contributed by atoms with Crippen LogP contribution in [0.4, 0.5) is 5.69 Å². The summed E-state index contributed by atoms with van der Waals surface area (Å²) < 4.78 is 0. The highest BCUT2D eigenvalue weighted by atomic mass is 35.5. The summed E-state index contributed by atoms with van der Waals surface area (Å²) >= 11 is 6.03. The van der Waals surface area contributed by atoms with Gasteiger partial charge in [-0.1, -0.05) is 24.9 Å². The van der Waals surface area contributed by atoms with Crippen LogP contribution in [0.5, 0.6) is 0 Å². The number of hydrogen-bond acceptors (Lipinski definition) is 2. The quantitative estimate of drug-likeness (QED) is 0.821. The molecule has 0 atom stereocenters. The first-order valence-electron chi connectivity index (χ1n) is 5.94. The SMILES string of the molecule is CCCCN(CC)C(=O)c1ccc(N)cc1Cl. The average molecular weight is 255 g/mol. The largest absolute Gasteiger partial charge is 0.399 e. The average Bonchev–Trinajstić information content (AvgIpc) is 2.29. The van der Waals surface area contributed by atoms with Gasteiger partial charge in [0.1, 0.15) is 0 Å². The van der Waals surface area contributed by atoms with Gasteiger partial charge in [0.2, 0.25) is 0 Å². The molecule has 1 aromatic rings. The summed E-state index contributed by atoms with van der Waals surface area (Å²) in [5.41, 5.74) is 6.71. The summed E-state index contributed by atoms with van der Waals surface area (Å²) in [6, 6.07) is 5.00. The van der Waals surface area contributed by atoms with Crippen molar-refractivity contribution < 1.29 is 4.79 Å². The van der Waals surface area contributed by atoms with Gasteiger partial charge in [-0.2, -0.15) is 0 Å². The standard InChI is InChI=1S/C13H19ClN2O/c1-3-5-8-16(4-2)13(17)11-7-6-10(15)9-12(11)14/h6-7,9H,3-5,8,15H2,1-2H3. The molecule has 0 aliphatic carbocycles. The third-order valence-corrected chi connectivity index (χ3v) is 2.99. The summed E-state index contributed by atoms with van der Waals surface area (Å²) in [6.45, 7) is 5.54. The fourth-order valence-corrected chi connectivity index (χ4v) is 1.90. The molecule has 0 radical (unpaired) electrons. The van der Waals surface area contributed by atoms with E-state index in [1.807, 2.05) is 6.92 Å².